The lowest BCUT2D eigenvalue weighted by Gasteiger charge is -2.10. The van der Waals surface area contributed by atoms with Crippen molar-refractivity contribution in [3.05, 3.63) is 0 Å². The number of hydrogen-bond acceptors (Lipinski definition) is 2. The Labute approximate surface area is 61.3 Å². The zero-order chi connectivity index (χ0) is 7.23. The molecule has 0 aromatic carbocycles. The summed E-state index contributed by atoms with van der Waals surface area (Å²) in [7, 11) is 0. The van der Waals surface area contributed by atoms with Gasteiger partial charge in [-0.05, 0) is 25.7 Å². The van der Waals surface area contributed by atoms with E-state index in [0.29, 0.717) is 6.54 Å². The highest BCUT2D eigenvalue weighted by atomic mass is 16.1. The van der Waals surface area contributed by atoms with Crippen LogP contribution in [0.5, 0.6) is 0 Å². The number of carbonyl (C=O) groups excluding carboxylic acids is 1. The number of rotatable bonds is 2. The van der Waals surface area contributed by atoms with Gasteiger partial charge in [0.05, 0.1) is 6.54 Å². The molecule has 1 fully saturated rings. The van der Waals surface area contributed by atoms with Crippen LogP contribution in [0.1, 0.15) is 32.1 Å². The van der Waals surface area contributed by atoms with Gasteiger partial charge in [-0.15, -0.1) is 0 Å². The second-order valence-corrected chi connectivity index (χ2v) is 2.63. The Hall–Kier alpha value is -0.660. The van der Waals surface area contributed by atoms with E-state index in [-0.39, 0.29) is 0 Å². The van der Waals surface area contributed by atoms with Crippen molar-refractivity contribution in [2.24, 2.45) is 4.99 Å². The van der Waals surface area contributed by atoms with Crippen LogP contribution < -0.4 is 0 Å². The average molecular weight is 139 g/mol. The summed E-state index contributed by atoms with van der Waals surface area (Å²) in [6.07, 6.45) is 6.96. The normalized spacial score (nSPS) is 18.6. The summed E-state index contributed by atoms with van der Waals surface area (Å²) in [5, 5.41) is 0. The lowest BCUT2D eigenvalue weighted by molar-refractivity contribution is -0.106. The average Bonchev–Trinajstić information content (AvgIpc) is 2.03. The zero-order valence-corrected chi connectivity index (χ0v) is 6.18. The van der Waals surface area contributed by atoms with Crippen LogP contribution >= 0.6 is 0 Å². The SMILES string of the molecule is O=CCN=C1CCCCC1. The van der Waals surface area contributed by atoms with Gasteiger partial charge in [0.25, 0.3) is 0 Å². The first kappa shape index (κ1) is 7.45. The molecule has 1 saturated carbocycles. The largest absolute Gasteiger partial charge is 0.301 e. The van der Waals surface area contributed by atoms with E-state index in [4.69, 9.17) is 0 Å². The molecule has 0 bridgehead atoms. The number of nitrogens with zero attached hydrogens (tertiary/aromatic N) is 1. The Bertz CT molecular complexity index is 132. The Morgan fingerprint density at radius 1 is 1.30 bits per heavy atom. The first-order chi connectivity index (χ1) is 4.93. The van der Waals surface area contributed by atoms with Gasteiger partial charge in [-0.25, -0.2) is 0 Å². The van der Waals surface area contributed by atoms with Crippen molar-refractivity contribution in [2.75, 3.05) is 6.54 Å². The van der Waals surface area contributed by atoms with Gasteiger partial charge in [-0.1, -0.05) is 6.42 Å². The van der Waals surface area contributed by atoms with E-state index in [0.717, 1.165) is 19.1 Å². The van der Waals surface area contributed by atoms with Crippen LogP contribution in [0.15, 0.2) is 4.99 Å². The van der Waals surface area contributed by atoms with Gasteiger partial charge in [0.1, 0.15) is 6.29 Å². The first-order valence-corrected chi connectivity index (χ1v) is 3.89. The molecule has 0 atom stereocenters. The fourth-order valence-electron chi connectivity index (χ4n) is 1.28. The van der Waals surface area contributed by atoms with Crippen molar-refractivity contribution in [1.82, 2.24) is 0 Å². The predicted octanol–water partition coefficient (Wildman–Crippen LogP) is 1.59. The molecular weight excluding hydrogens is 126 g/mol. The van der Waals surface area contributed by atoms with Gasteiger partial charge in [0, 0.05) is 5.71 Å². The lowest BCUT2D eigenvalue weighted by atomic mass is 9.99. The highest BCUT2D eigenvalue weighted by molar-refractivity contribution is 5.85. The fraction of sp³-hybridized carbons (Fsp3) is 0.750. The molecule has 10 heavy (non-hydrogen) atoms. The summed E-state index contributed by atoms with van der Waals surface area (Å²) in [5.41, 5.74) is 1.25. The Kier molecular flexibility index (Phi) is 3.13. The zero-order valence-electron chi connectivity index (χ0n) is 6.18. The molecule has 2 nitrogen and oxygen atoms in total. The van der Waals surface area contributed by atoms with Crippen LogP contribution in [-0.4, -0.2) is 18.5 Å². The lowest BCUT2D eigenvalue weighted by Crippen LogP contribution is -2.05. The molecule has 0 N–H and O–H groups in total. The van der Waals surface area contributed by atoms with Crippen molar-refractivity contribution >= 4 is 12.0 Å². The van der Waals surface area contributed by atoms with Crippen molar-refractivity contribution < 1.29 is 4.79 Å². The van der Waals surface area contributed by atoms with Crippen molar-refractivity contribution in [3.8, 4) is 0 Å². The third-order valence-corrected chi connectivity index (χ3v) is 1.82. The molecule has 0 aromatic heterocycles. The quantitative estimate of drug-likeness (QED) is 0.534. The van der Waals surface area contributed by atoms with Gasteiger partial charge in [-0.3, -0.25) is 4.99 Å². The Morgan fingerprint density at radius 2 is 2.00 bits per heavy atom. The maximum absolute atomic E-state index is 9.94. The number of hydrogen-bond donors (Lipinski definition) is 0. The molecule has 0 saturated heterocycles. The monoisotopic (exact) mass is 139 g/mol. The standard InChI is InChI=1S/C8H13NO/c10-7-6-9-8-4-2-1-3-5-8/h7H,1-6H2. The highest BCUT2D eigenvalue weighted by Crippen LogP contribution is 2.14. The maximum atomic E-state index is 9.94. The molecule has 1 rings (SSSR count). The van der Waals surface area contributed by atoms with Crippen LogP contribution in [0.4, 0.5) is 0 Å². The molecule has 0 heterocycles. The van der Waals surface area contributed by atoms with Gasteiger partial charge in [-0.2, -0.15) is 0 Å². The molecule has 1 aliphatic rings. The molecule has 56 valence electrons. The maximum Gasteiger partial charge on any atom is 0.141 e. The van der Waals surface area contributed by atoms with E-state index >= 15 is 0 Å². The van der Waals surface area contributed by atoms with Crippen molar-refractivity contribution in [1.29, 1.82) is 0 Å². The highest BCUT2D eigenvalue weighted by Gasteiger charge is 2.04. The predicted molar refractivity (Wildman–Crippen MR) is 41.5 cm³/mol. The Morgan fingerprint density at radius 3 is 2.60 bits per heavy atom. The minimum atomic E-state index is 0.370. The van der Waals surface area contributed by atoms with E-state index < -0.39 is 0 Å². The minimum Gasteiger partial charge on any atom is -0.301 e. The van der Waals surface area contributed by atoms with E-state index in [9.17, 15) is 4.79 Å². The smallest absolute Gasteiger partial charge is 0.141 e. The van der Waals surface area contributed by atoms with Gasteiger partial charge in [0.2, 0.25) is 0 Å². The van der Waals surface area contributed by atoms with Crippen LogP contribution in [0, 0.1) is 0 Å². The van der Waals surface area contributed by atoms with E-state index in [1.54, 1.807) is 0 Å². The Balaban J connectivity index is 2.30. The van der Waals surface area contributed by atoms with Gasteiger partial charge >= 0.3 is 0 Å². The van der Waals surface area contributed by atoms with Crippen LogP contribution in [0.3, 0.4) is 0 Å². The third-order valence-electron chi connectivity index (χ3n) is 1.82. The van der Waals surface area contributed by atoms with E-state index in [1.165, 1.54) is 25.0 Å². The van der Waals surface area contributed by atoms with Crippen LogP contribution in [-0.2, 0) is 4.79 Å². The fourth-order valence-corrected chi connectivity index (χ4v) is 1.28. The molecule has 0 aliphatic heterocycles. The summed E-state index contributed by atoms with van der Waals surface area (Å²) in [6, 6.07) is 0. The molecule has 0 unspecified atom stereocenters. The van der Waals surface area contributed by atoms with Crippen LogP contribution in [0.2, 0.25) is 0 Å². The first-order valence-electron chi connectivity index (χ1n) is 3.89. The molecule has 2 heteroatoms. The summed E-state index contributed by atoms with van der Waals surface area (Å²) < 4.78 is 0. The summed E-state index contributed by atoms with van der Waals surface area (Å²) >= 11 is 0. The summed E-state index contributed by atoms with van der Waals surface area (Å²) in [5.74, 6) is 0. The van der Waals surface area contributed by atoms with Crippen LogP contribution in [0.25, 0.3) is 0 Å². The second-order valence-electron chi connectivity index (χ2n) is 2.63. The molecule has 1 aliphatic carbocycles. The molecule has 0 amide bonds. The summed E-state index contributed by atoms with van der Waals surface area (Å²) in [6.45, 7) is 0.370. The number of aldehydes is 1. The van der Waals surface area contributed by atoms with Gasteiger partial charge < -0.3 is 4.79 Å². The number of aliphatic imine (C=N–C) groups is 1. The molecule has 0 spiro atoms. The van der Waals surface area contributed by atoms with Crippen molar-refractivity contribution in [3.63, 3.8) is 0 Å². The second kappa shape index (κ2) is 4.20. The third kappa shape index (κ3) is 2.29. The van der Waals surface area contributed by atoms with Crippen molar-refractivity contribution in [2.45, 2.75) is 32.1 Å². The van der Waals surface area contributed by atoms with E-state index in [2.05, 4.69) is 4.99 Å². The molecular formula is C8H13NO. The van der Waals surface area contributed by atoms with Gasteiger partial charge in [0.15, 0.2) is 0 Å². The number of carbonyl (C=O) groups is 1. The minimum absolute atomic E-state index is 0.370. The van der Waals surface area contributed by atoms with E-state index in [1.807, 2.05) is 0 Å². The summed E-state index contributed by atoms with van der Waals surface area (Å²) in [4.78, 5) is 14.1. The molecule has 0 radical (unpaired) electrons. The molecule has 0 aromatic rings. The topological polar surface area (TPSA) is 29.4 Å².